The van der Waals surface area contributed by atoms with Crippen molar-refractivity contribution in [2.24, 2.45) is 0 Å². The summed E-state index contributed by atoms with van der Waals surface area (Å²) in [7, 11) is 0. The van der Waals surface area contributed by atoms with Gasteiger partial charge in [-0.15, -0.1) is 0 Å². The molecule has 4 aromatic carbocycles. The maximum Gasteiger partial charge on any atom is 0.338 e. The van der Waals surface area contributed by atoms with Crippen LogP contribution >= 0.6 is 0 Å². The summed E-state index contributed by atoms with van der Waals surface area (Å²) in [6.07, 6.45) is 48.8. The molecule has 2 aromatic heterocycles. The Hall–Kier alpha value is -6.69. The van der Waals surface area contributed by atoms with Crippen LogP contribution in [0.15, 0.2) is 84.9 Å². The third-order valence-electron chi connectivity index (χ3n) is 18.6. The van der Waals surface area contributed by atoms with Crippen molar-refractivity contribution >= 4 is 51.0 Å². The summed E-state index contributed by atoms with van der Waals surface area (Å²) in [5.41, 5.74) is 4.89. The number of nitrogens with zero attached hydrogens (tertiary/aromatic N) is 2. The molecule has 96 heavy (non-hydrogen) atoms. The van der Waals surface area contributed by atoms with Gasteiger partial charge in [-0.3, -0.25) is 14.6 Å². The second-order valence-corrected chi connectivity index (χ2v) is 27.2. The predicted molar refractivity (Wildman–Crippen MR) is 400 cm³/mol. The number of unbranched alkanes of at least 4 members (excludes halogenated alkanes) is 36. The first-order valence-electron chi connectivity index (χ1n) is 38.5. The molecule has 0 aliphatic rings. The molecule has 2 amide bonds. The Morgan fingerprint density at radius 2 is 0.625 bits per heavy atom. The van der Waals surface area contributed by atoms with Gasteiger partial charge < -0.3 is 34.3 Å². The fourth-order valence-corrected chi connectivity index (χ4v) is 12.5. The van der Waals surface area contributed by atoms with Gasteiger partial charge in [0.25, 0.3) is 11.8 Å². The lowest BCUT2D eigenvalue weighted by Gasteiger charge is -2.18. The van der Waals surface area contributed by atoms with Crippen LogP contribution in [0.3, 0.4) is 0 Å². The number of benzene rings is 4. The van der Waals surface area contributed by atoms with E-state index in [9.17, 15) is 14.4 Å². The van der Waals surface area contributed by atoms with E-state index in [1.54, 1.807) is 36.4 Å². The number of carbonyl (C=O) groups is 3. The first-order valence-corrected chi connectivity index (χ1v) is 38.5. The molecule has 0 saturated carbocycles. The minimum Gasteiger partial charge on any atom is -0.493 e. The second-order valence-electron chi connectivity index (χ2n) is 27.2. The third-order valence-corrected chi connectivity index (χ3v) is 18.6. The average molecular weight is 1320 g/mol. The maximum atomic E-state index is 14.8. The summed E-state index contributed by atoms with van der Waals surface area (Å²) in [6, 6.07) is 25.9. The summed E-state index contributed by atoms with van der Waals surface area (Å²) in [6.45, 7) is 14.8. The molecule has 0 unspecified atom stereocenters. The van der Waals surface area contributed by atoms with Gasteiger partial charge in [-0.1, -0.05) is 283 Å². The number of hydrogen-bond donors (Lipinski definition) is 2. The topological polar surface area (TPSA) is 147 Å². The van der Waals surface area contributed by atoms with Crippen molar-refractivity contribution in [3.63, 3.8) is 0 Å². The van der Waals surface area contributed by atoms with Crippen molar-refractivity contribution in [1.29, 1.82) is 0 Å². The number of esters is 1. The molecular formula is C84H124N4O8. The molecule has 0 spiro atoms. The van der Waals surface area contributed by atoms with E-state index in [0.717, 1.165) is 78.9 Å². The molecule has 0 bridgehead atoms. The van der Waals surface area contributed by atoms with E-state index in [4.69, 9.17) is 33.7 Å². The number of carbonyl (C=O) groups excluding carboxylic acids is 3. The van der Waals surface area contributed by atoms with E-state index in [-0.39, 0.29) is 12.2 Å². The highest BCUT2D eigenvalue weighted by molar-refractivity contribution is 6.09. The normalized spacial score (nSPS) is 11.4. The average Bonchev–Trinajstić information content (AvgIpc) is 0.815. The number of ether oxygens (including phenoxy) is 5. The van der Waals surface area contributed by atoms with Gasteiger partial charge in [0.15, 0.2) is 0 Å². The van der Waals surface area contributed by atoms with Crippen molar-refractivity contribution in [2.75, 3.05) is 37.1 Å². The standard InChI is InChI=1S/C84H124N4O8/c1-7-11-15-19-23-27-31-35-39-43-53-92-74-57-70(58-75(63-74)93-54-44-40-36-32-28-24-20-16-12-8-2)82(89)87-78-61-72(84(91)96-65-73-52-51-69-50-49-68-48-47-66(5)85-80(68)81(69)86-73)62-79(67(78)6)88-83(90)71-59-76(94-55-45-41-37-33-29-25-21-17-13-9-3)64-77(60-71)95-56-46-42-38-34-30-26-22-18-14-10-4/h47-52,57-64H,7-46,53-56,65H2,1-6H3,(H,87,89)(H,88,90). The zero-order valence-corrected chi connectivity index (χ0v) is 60.6. The summed E-state index contributed by atoms with van der Waals surface area (Å²) < 4.78 is 31.6. The van der Waals surface area contributed by atoms with Crippen molar-refractivity contribution in [3.05, 3.63) is 119 Å². The highest BCUT2D eigenvalue weighted by Gasteiger charge is 2.21. The Morgan fingerprint density at radius 1 is 0.333 bits per heavy atom. The molecule has 0 radical (unpaired) electrons. The molecular weight excluding hydrogens is 1190 g/mol. The molecule has 2 heterocycles. The van der Waals surface area contributed by atoms with Crippen molar-refractivity contribution in [1.82, 2.24) is 9.97 Å². The summed E-state index contributed by atoms with van der Waals surface area (Å²) in [5, 5.41) is 8.14. The SMILES string of the molecule is CCCCCCCCCCCCOc1cc(OCCCCCCCCCCCC)cc(C(=O)Nc2cc(C(=O)OCc3ccc4ccc5ccc(C)nc5c4n3)cc(NC(=O)c3cc(OCCCCCCCCCCCC)cc(OCCCCCCCCCCCC)c3)c2C)c1. The molecule has 2 N–H and O–H groups in total. The van der Waals surface area contributed by atoms with Crippen LogP contribution in [0.25, 0.3) is 21.8 Å². The van der Waals surface area contributed by atoms with Gasteiger partial charge in [0, 0.05) is 51.1 Å². The van der Waals surface area contributed by atoms with Crippen molar-refractivity contribution in [3.8, 4) is 23.0 Å². The van der Waals surface area contributed by atoms with Crippen LogP contribution in [0.4, 0.5) is 11.4 Å². The number of hydrogen-bond acceptors (Lipinski definition) is 10. The van der Waals surface area contributed by atoms with Gasteiger partial charge in [-0.2, -0.15) is 0 Å². The molecule has 12 nitrogen and oxygen atoms in total. The zero-order chi connectivity index (χ0) is 68.1. The van der Waals surface area contributed by atoms with Crippen molar-refractivity contribution < 1.29 is 38.1 Å². The number of aromatic nitrogens is 2. The lowest BCUT2D eigenvalue weighted by Crippen LogP contribution is -2.18. The smallest absolute Gasteiger partial charge is 0.338 e. The van der Waals surface area contributed by atoms with Crippen LogP contribution in [0.1, 0.15) is 333 Å². The van der Waals surface area contributed by atoms with Gasteiger partial charge >= 0.3 is 5.97 Å². The zero-order valence-electron chi connectivity index (χ0n) is 60.6. The van der Waals surface area contributed by atoms with Gasteiger partial charge in [-0.05, 0) is 93.6 Å². The fraction of sp³-hybridized carbons (Fsp3) is 0.607. The van der Waals surface area contributed by atoms with E-state index >= 15 is 0 Å². The van der Waals surface area contributed by atoms with Crippen LogP contribution in [-0.4, -0.2) is 54.2 Å². The Balaban J connectivity index is 1.22. The lowest BCUT2D eigenvalue weighted by atomic mass is 10.1. The van der Waals surface area contributed by atoms with Crippen LogP contribution in [0.5, 0.6) is 23.0 Å². The number of fused-ring (bicyclic) bond motifs is 3. The molecule has 0 atom stereocenters. The van der Waals surface area contributed by atoms with Crippen LogP contribution in [0, 0.1) is 13.8 Å². The molecule has 6 rings (SSSR count). The Labute approximate surface area is 579 Å². The minimum absolute atomic E-state index is 0.123. The molecule has 0 saturated heterocycles. The first-order chi connectivity index (χ1) is 47.1. The number of rotatable bonds is 55. The summed E-state index contributed by atoms with van der Waals surface area (Å²) in [5.74, 6) is 0.708. The lowest BCUT2D eigenvalue weighted by molar-refractivity contribution is 0.0467. The number of anilines is 2. The van der Waals surface area contributed by atoms with Crippen LogP contribution in [0.2, 0.25) is 0 Å². The Kier molecular flexibility index (Phi) is 39.2. The third kappa shape index (κ3) is 30.8. The first kappa shape index (κ1) is 78.3. The number of nitrogens with one attached hydrogen (secondary N) is 2. The van der Waals surface area contributed by atoms with Gasteiger partial charge in [0.05, 0.1) is 48.7 Å². The van der Waals surface area contributed by atoms with E-state index in [1.807, 2.05) is 62.4 Å². The molecule has 12 heteroatoms. The number of pyridine rings is 2. The molecule has 528 valence electrons. The fourth-order valence-electron chi connectivity index (χ4n) is 12.5. The number of amides is 2. The monoisotopic (exact) mass is 1320 g/mol. The molecule has 0 aliphatic heterocycles. The molecule has 6 aromatic rings. The van der Waals surface area contributed by atoms with Crippen molar-refractivity contribution in [2.45, 2.75) is 305 Å². The molecule has 0 aliphatic carbocycles. The minimum atomic E-state index is -0.662. The largest absolute Gasteiger partial charge is 0.493 e. The van der Waals surface area contributed by atoms with Gasteiger partial charge in [-0.25, -0.2) is 9.78 Å². The van der Waals surface area contributed by atoms with Crippen LogP contribution < -0.4 is 29.6 Å². The number of aryl methyl sites for hydroxylation is 1. The summed E-state index contributed by atoms with van der Waals surface area (Å²) in [4.78, 5) is 53.8. The highest BCUT2D eigenvalue weighted by Crippen LogP contribution is 2.32. The van der Waals surface area contributed by atoms with E-state index < -0.39 is 17.8 Å². The quantitative estimate of drug-likeness (QED) is 0.0215. The van der Waals surface area contributed by atoms with E-state index in [0.29, 0.717) is 83.2 Å². The maximum absolute atomic E-state index is 14.8. The highest BCUT2D eigenvalue weighted by atomic mass is 16.5. The Morgan fingerprint density at radius 3 is 0.958 bits per heavy atom. The Bertz CT molecular complexity index is 2940. The summed E-state index contributed by atoms with van der Waals surface area (Å²) >= 11 is 0. The molecule has 0 fully saturated rings. The predicted octanol–water partition coefficient (Wildman–Crippen LogP) is 24.5. The van der Waals surface area contributed by atoms with Crippen LogP contribution in [-0.2, 0) is 11.3 Å². The van der Waals surface area contributed by atoms with Gasteiger partial charge in [0.1, 0.15) is 29.6 Å². The van der Waals surface area contributed by atoms with E-state index in [1.165, 1.54) is 205 Å². The second kappa shape index (κ2) is 48.1. The van der Waals surface area contributed by atoms with E-state index in [2.05, 4.69) is 38.3 Å². The van der Waals surface area contributed by atoms with Gasteiger partial charge in [0.2, 0.25) is 0 Å².